The van der Waals surface area contributed by atoms with Crippen LogP contribution in [-0.4, -0.2) is 52.7 Å². The van der Waals surface area contributed by atoms with Crippen molar-refractivity contribution in [3.05, 3.63) is 0 Å². The first kappa shape index (κ1) is 23.2. The normalized spacial score (nSPS) is 14.2. The van der Waals surface area contributed by atoms with Crippen LogP contribution >= 0.6 is 0 Å². The van der Waals surface area contributed by atoms with Gasteiger partial charge in [-0.1, -0.05) is 27.7 Å². The first-order valence-electron chi connectivity index (χ1n) is 8.73. The summed E-state index contributed by atoms with van der Waals surface area (Å²) in [5, 5.41) is 11.9. The Hall–Kier alpha value is -1.79. The van der Waals surface area contributed by atoms with Gasteiger partial charge in [-0.15, -0.1) is 0 Å². The maximum atomic E-state index is 12.7. The predicted octanol–water partition coefficient (Wildman–Crippen LogP) is 2.88. The molecule has 0 aromatic carbocycles. The molecule has 0 spiro atoms. The molecule has 7 heteroatoms. The van der Waals surface area contributed by atoms with E-state index in [1.54, 1.807) is 20.8 Å². The number of hydrogen-bond acceptors (Lipinski definition) is 4. The summed E-state index contributed by atoms with van der Waals surface area (Å²) in [5.41, 5.74) is -0.675. The molecule has 0 saturated heterocycles. The van der Waals surface area contributed by atoms with Gasteiger partial charge in [0.25, 0.3) is 0 Å². The molecule has 0 bridgehead atoms. The second kappa shape index (κ2) is 9.63. The number of carbonyl (C=O) groups is 3. The molecule has 0 fully saturated rings. The highest BCUT2D eigenvalue weighted by molar-refractivity contribution is 5.89. The van der Waals surface area contributed by atoms with E-state index in [1.165, 1.54) is 11.9 Å². The van der Waals surface area contributed by atoms with Crippen LogP contribution in [-0.2, 0) is 14.3 Å². The summed E-state index contributed by atoms with van der Waals surface area (Å²) in [6.45, 7) is 12.9. The number of ether oxygens (including phenoxy) is 1. The molecule has 0 aliphatic carbocycles. The minimum absolute atomic E-state index is 0.119. The number of aliphatic carboxylic acids is 1. The fourth-order valence-corrected chi connectivity index (χ4v) is 2.31. The van der Waals surface area contributed by atoms with Gasteiger partial charge in [-0.2, -0.15) is 0 Å². The van der Waals surface area contributed by atoms with Crippen molar-refractivity contribution in [1.82, 2.24) is 10.2 Å². The number of nitrogens with zero attached hydrogens (tertiary/aromatic N) is 1. The minimum Gasteiger partial charge on any atom is -0.480 e. The first-order chi connectivity index (χ1) is 11.2. The van der Waals surface area contributed by atoms with Crippen LogP contribution in [0.4, 0.5) is 4.79 Å². The lowest BCUT2D eigenvalue weighted by Crippen LogP contribution is -2.53. The molecule has 25 heavy (non-hydrogen) atoms. The van der Waals surface area contributed by atoms with Crippen LogP contribution in [0.15, 0.2) is 0 Å². The Morgan fingerprint density at radius 3 is 1.88 bits per heavy atom. The highest BCUT2D eigenvalue weighted by atomic mass is 16.6. The van der Waals surface area contributed by atoms with E-state index in [-0.39, 0.29) is 11.8 Å². The SMILES string of the molecule is CC(C)C[C@H](NC(=O)[C@H](CC(C)C)N(C)C(=O)OC(C)(C)C)C(=O)O. The molecule has 146 valence electrons. The quantitative estimate of drug-likeness (QED) is 0.695. The van der Waals surface area contributed by atoms with E-state index in [0.717, 1.165) is 0 Å². The van der Waals surface area contributed by atoms with Crippen LogP contribution in [0, 0.1) is 11.8 Å². The summed E-state index contributed by atoms with van der Waals surface area (Å²) >= 11 is 0. The van der Waals surface area contributed by atoms with Gasteiger partial charge in [0.1, 0.15) is 17.7 Å². The van der Waals surface area contributed by atoms with Crippen molar-refractivity contribution < 1.29 is 24.2 Å². The Morgan fingerprint density at radius 1 is 1.04 bits per heavy atom. The van der Waals surface area contributed by atoms with E-state index in [2.05, 4.69) is 5.32 Å². The van der Waals surface area contributed by atoms with E-state index in [4.69, 9.17) is 4.74 Å². The smallest absolute Gasteiger partial charge is 0.410 e. The van der Waals surface area contributed by atoms with E-state index >= 15 is 0 Å². The van der Waals surface area contributed by atoms with Crippen molar-refractivity contribution in [2.24, 2.45) is 11.8 Å². The summed E-state index contributed by atoms with van der Waals surface area (Å²) < 4.78 is 5.32. The summed E-state index contributed by atoms with van der Waals surface area (Å²) in [5.74, 6) is -1.29. The van der Waals surface area contributed by atoms with Crippen LogP contribution in [0.3, 0.4) is 0 Å². The molecule has 0 radical (unpaired) electrons. The molecule has 2 atom stereocenters. The van der Waals surface area contributed by atoms with E-state index in [0.29, 0.717) is 12.8 Å². The summed E-state index contributed by atoms with van der Waals surface area (Å²) in [4.78, 5) is 37.6. The summed E-state index contributed by atoms with van der Waals surface area (Å²) in [6.07, 6.45) is 0.130. The number of carbonyl (C=O) groups excluding carboxylic acids is 2. The average molecular weight is 358 g/mol. The van der Waals surface area contributed by atoms with Crippen LogP contribution in [0.2, 0.25) is 0 Å². The molecular formula is C18H34N2O5. The van der Waals surface area contributed by atoms with Crippen LogP contribution in [0.5, 0.6) is 0 Å². The lowest BCUT2D eigenvalue weighted by atomic mass is 10.00. The molecule has 2 N–H and O–H groups in total. The zero-order chi connectivity index (χ0) is 19.9. The minimum atomic E-state index is -1.08. The standard InChI is InChI=1S/C18H34N2O5/c1-11(2)9-13(16(22)23)19-15(21)14(10-12(3)4)20(8)17(24)25-18(5,6)7/h11-14H,9-10H2,1-8H3,(H,19,21)(H,22,23)/t13-,14-/m0/s1. The van der Waals surface area contributed by atoms with E-state index < -0.39 is 35.7 Å². The van der Waals surface area contributed by atoms with Gasteiger partial charge >= 0.3 is 12.1 Å². The number of carboxylic acids is 1. The second-order valence-corrected chi connectivity index (χ2v) is 8.27. The van der Waals surface area contributed by atoms with Crippen molar-refractivity contribution in [3.63, 3.8) is 0 Å². The highest BCUT2D eigenvalue weighted by Crippen LogP contribution is 2.16. The van der Waals surface area contributed by atoms with Crippen LogP contribution < -0.4 is 5.32 Å². The zero-order valence-corrected chi connectivity index (χ0v) is 16.8. The zero-order valence-electron chi connectivity index (χ0n) is 16.8. The van der Waals surface area contributed by atoms with Crippen molar-refractivity contribution >= 4 is 18.0 Å². The van der Waals surface area contributed by atoms with E-state index in [9.17, 15) is 19.5 Å². The third kappa shape index (κ3) is 9.31. The largest absolute Gasteiger partial charge is 0.480 e. The number of amides is 2. The second-order valence-electron chi connectivity index (χ2n) is 8.27. The van der Waals surface area contributed by atoms with Crippen molar-refractivity contribution in [2.75, 3.05) is 7.05 Å². The molecule has 0 rings (SSSR count). The van der Waals surface area contributed by atoms with Gasteiger partial charge in [0.05, 0.1) is 0 Å². The summed E-state index contributed by atoms with van der Waals surface area (Å²) in [7, 11) is 1.50. The third-order valence-corrected chi connectivity index (χ3v) is 3.47. The third-order valence-electron chi connectivity index (χ3n) is 3.47. The average Bonchev–Trinajstić information content (AvgIpc) is 2.40. The monoisotopic (exact) mass is 358 g/mol. The lowest BCUT2D eigenvalue weighted by Gasteiger charge is -2.31. The van der Waals surface area contributed by atoms with Gasteiger partial charge in [0.15, 0.2) is 0 Å². The Balaban J connectivity index is 5.26. The molecule has 0 unspecified atom stereocenters. The molecule has 0 saturated carbocycles. The van der Waals surface area contributed by atoms with Crippen molar-refractivity contribution in [1.29, 1.82) is 0 Å². The van der Waals surface area contributed by atoms with Crippen LogP contribution in [0.25, 0.3) is 0 Å². The van der Waals surface area contributed by atoms with Gasteiger partial charge < -0.3 is 15.2 Å². The van der Waals surface area contributed by atoms with Gasteiger partial charge in [-0.25, -0.2) is 9.59 Å². The number of hydrogen-bond donors (Lipinski definition) is 2. The Bertz CT molecular complexity index is 469. The summed E-state index contributed by atoms with van der Waals surface area (Å²) in [6, 6.07) is -1.77. The Labute approximate surface area is 151 Å². The lowest BCUT2D eigenvalue weighted by molar-refractivity contribution is -0.143. The predicted molar refractivity (Wildman–Crippen MR) is 96.3 cm³/mol. The molecule has 0 aromatic heterocycles. The fraction of sp³-hybridized carbons (Fsp3) is 0.833. The molecule has 0 aromatic rings. The molecular weight excluding hydrogens is 324 g/mol. The van der Waals surface area contributed by atoms with Gasteiger partial charge in [0.2, 0.25) is 5.91 Å². The molecule has 0 aliphatic heterocycles. The topological polar surface area (TPSA) is 95.9 Å². The van der Waals surface area contributed by atoms with Crippen molar-refractivity contribution in [2.45, 2.75) is 79.0 Å². The fourth-order valence-electron chi connectivity index (χ4n) is 2.31. The van der Waals surface area contributed by atoms with Gasteiger partial charge in [0, 0.05) is 7.05 Å². The molecule has 2 amide bonds. The maximum Gasteiger partial charge on any atom is 0.410 e. The number of rotatable bonds is 8. The van der Waals surface area contributed by atoms with Crippen LogP contribution in [0.1, 0.15) is 61.3 Å². The molecule has 0 heterocycles. The van der Waals surface area contributed by atoms with Gasteiger partial charge in [-0.3, -0.25) is 9.69 Å². The Kier molecular flexibility index (Phi) is 8.94. The number of likely N-dealkylation sites (N-methyl/N-ethyl adjacent to an activating group) is 1. The maximum absolute atomic E-state index is 12.7. The first-order valence-corrected chi connectivity index (χ1v) is 8.73. The van der Waals surface area contributed by atoms with Crippen molar-refractivity contribution in [3.8, 4) is 0 Å². The van der Waals surface area contributed by atoms with Gasteiger partial charge in [-0.05, 0) is 45.4 Å². The number of carboxylic acid groups (broad SMARTS) is 1. The Morgan fingerprint density at radius 2 is 1.52 bits per heavy atom. The molecule has 0 aliphatic rings. The van der Waals surface area contributed by atoms with E-state index in [1.807, 2.05) is 27.7 Å². The molecule has 7 nitrogen and oxygen atoms in total. The number of nitrogens with one attached hydrogen (secondary N) is 1. The highest BCUT2D eigenvalue weighted by Gasteiger charge is 2.33.